The van der Waals surface area contributed by atoms with Crippen molar-refractivity contribution in [3.8, 4) is 5.75 Å². The molecule has 0 aliphatic heterocycles. The van der Waals surface area contributed by atoms with Gasteiger partial charge in [-0.1, -0.05) is 19.1 Å². The molecule has 0 saturated carbocycles. The highest BCUT2D eigenvalue weighted by molar-refractivity contribution is 7.09. The molecular formula is C14H18N2OS. The third-order valence-electron chi connectivity index (χ3n) is 2.51. The minimum atomic E-state index is 0.781. The van der Waals surface area contributed by atoms with E-state index in [1.165, 1.54) is 10.4 Å². The largest absolute Gasteiger partial charge is 0.494 e. The van der Waals surface area contributed by atoms with E-state index < -0.39 is 0 Å². The molecule has 0 amide bonds. The number of benzene rings is 1. The molecule has 0 spiro atoms. The number of nitrogens with one attached hydrogen (secondary N) is 1. The lowest BCUT2D eigenvalue weighted by Gasteiger charge is -2.06. The van der Waals surface area contributed by atoms with Gasteiger partial charge >= 0.3 is 0 Å². The summed E-state index contributed by atoms with van der Waals surface area (Å²) < 4.78 is 5.55. The highest BCUT2D eigenvalue weighted by Crippen LogP contribution is 2.12. The number of ether oxygens (including phenoxy) is 1. The van der Waals surface area contributed by atoms with Crippen LogP contribution < -0.4 is 10.1 Å². The smallest absolute Gasteiger partial charge is 0.119 e. The average Bonchev–Trinajstić information content (AvgIpc) is 2.91. The van der Waals surface area contributed by atoms with Gasteiger partial charge in [0.25, 0.3) is 0 Å². The molecule has 0 atom stereocenters. The van der Waals surface area contributed by atoms with Crippen molar-refractivity contribution in [3.63, 3.8) is 0 Å². The van der Waals surface area contributed by atoms with Crippen molar-refractivity contribution in [1.82, 2.24) is 10.3 Å². The number of nitrogens with zero attached hydrogens (tertiary/aromatic N) is 1. The highest BCUT2D eigenvalue weighted by Gasteiger charge is 1.97. The van der Waals surface area contributed by atoms with Crippen molar-refractivity contribution in [2.75, 3.05) is 6.61 Å². The summed E-state index contributed by atoms with van der Waals surface area (Å²) in [5, 5.41) is 3.40. The summed E-state index contributed by atoms with van der Waals surface area (Å²) in [6.07, 6.45) is 2.94. The van der Waals surface area contributed by atoms with Crippen LogP contribution in [0, 0.1) is 0 Å². The van der Waals surface area contributed by atoms with Gasteiger partial charge in [-0.25, -0.2) is 0 Å². The van der Waals surface area contributed by atoms with Crippen molar-refractivity contribution >= 4 is 11.3 Å². The molecule has 2 aromatic rings. The first kappa shape index (κ1) is 13.1. The van der Waals surface area contributed by atoms with Crippen LogP contribution in [0.4, 0.5) is 0 Å². The maximum atomic E-state index is 5.55. The zero-order chi connectivity index (χ0) is 12.6. The van der Waals surface area contributed by atoms with Crippen LogP contribution in [0.15, 0.2) is 36.0 Å². The minimum Gasteiger partial charge on any atom is -0.494 e. The van der Waals surface area contributed by atoms with Crippen molar-refractivity contribution in [2.45, 2.75) is 26.4 Å². The Morgan fingerprint density at radius 1 is 1.22 bits per heavy atom. The third-order valence-corrected chi connectivity index (χ3v) is 3.29. The monoisotopic (exact) mass is 262 g/mol. The second-order valence-corrected chi connectivity index (χ2v) is 5.03. The first-order chi connectivity index (χ1) is 8.88. The van der Waals surface area contributed by atoms with Crippen LogP contribution in [0.25, 0.3) is 0 Å². The van der Waals surface area contributed by atoms with Crippen LogP contribution in [-0.2, 0) is 13.1 Å². The molecule has 1 aromatic heterocycles. The molecule has 0 fully saturated rings. The molecule has 0 unspecified atom stereocenters. The molecule has 2 rings (SSSR count). The Bertz CT molecular complexity index is 439. The van der Waals surface area contributed by atoms with Crippen molar-refractivity contribution in [1.29, 1.82) is 0 Å². The van der Waals surface area contributed by atoms with Gasteiger partial charge in [0.05, 0.1) is 12.1 Å². The molecular weight excluding hydrogens is 244 g/mol. The summed E-state index contributed by atoms with van der Waals surface area (Å²) in [6, 6.07) is 8.26. The van der Waals surface area contributed by atoms with E-state index in [9.17, 15) is 0 Å². The van der Waals surface area contributed by atoms with Crippen molar-refractivity contribution < 1.29 is 4.74 Å². The molecule has 0 radical (unpaired) electrons. The maximum Gasteiger partial charge on any atom is 0.119 e. The van der Waals surface area contributed by atoms with Crippen LogP contribution in [0.1, 0.15) is 23.8 Å². The van der Waals surface area contributed by atoms with Gasteiger partial charge in [0.15, 0.2) is 0 Å². The molecule has 0 aliphatic rings. The van der Waals surface area contributed by atoms with Crippen molar-refractivity contribution in [2.24, 2.45) is 0 Å². The van der Waals surface area contributed by atoms with Crippen LogP contribution in [-0.4, -0.2) is 11.6 Å². The Kier molecular flexibility index (Phi) is 5.17. The SMILES string of the molecule is CCCOc1ccc(CNCc2cncs2)cc1. The molecule has 0 bridgehead atoms. The Labute approximate surface area is 112 Å². The molecule has 1 N–H and O–H groups in total. The van der Waals surface area contributed by atoms with Gasteiger partial charge in [-0.2, -0.15) is 0 Å². The van der Waals surface area contributed by atoms with E-state index >= 15 is 0 Å². The lowest BCUT2D eigenvalue weighted by Crippen LogP contribution is -2.11. The summed E-state index contributed by atoms with van der Waals surface area (Å²) in [5.41, 5.74) is 3.13. The van der Waals surface area contributed by atoms with E-state index in [-0.39, 0.29) is 0 Å². The topological polar surface area (TPSA) is 34.1 Å². The van der Waals surface area contributed by atoms with Gasteiger partial charge in [-0.3, -0.25) is 4.98 Å². The van der Waals surface area contributed by atoms with Gasteiger partial charge in [-0.05, 0) is 24.1 Å². The van der Waals surface area contributed by atoms with Crippen LogP contribution in [0.5, 0.6) is 5.75 Å². The summed E-state index contributed by atoms with van der Waals surface area (Å²) >= 11 is 1.68. The maximum absolute atomic E-state index is 5.55. The molecule has 1 aromatic carbocycles. The van der Waals surface area contributed by atoms with E-state index in [1.54, 1.807) is 11.3 Å². The number of hydrogen-bond acceptors (Lipinski definition) is 4. The zero-order valence-electron chi connectivity index (χ0n) is 10.6. The minimum absolute atomic E-state index is 0.781. The Morgan fingerprint density at radius 3 is 2.72 bits per heavy atom. The fourth-order valence-corrected chi connectivity index (χ4v) is 2.15. The number of thiazole rings is 1. The molecule has 1 heterocycles. The molecule has 3 nitrogen and oxygen atoms in total. The van der Waals surface area contributed by atoms with Gasteiger partial charge in [0, 0.05) is 24.2 Å². The molecule has 18 heavy (non-hydrogen) atoms. The first-order valence-corrected chi connectivity index (χ1v) is 7.06. The van der Waals surface area contributed by atoms with E-state index in [1.807, 2.05) is 23.8 Å². The molecule has 0 aliphatic carbocycles. The van der Waals surface area contributed by atoms with Crippen LogP contribution in [0.3, 0.4) is 0 Å². The molecule has 96 valence electrons. The summed E-state index contributed by atoms with van der Waals surface area (Å²) in [6.45, 7) is 4.63. The lowest BCUT2D eigenvalue weighted by molar-refractivity contribution is 0.317. The first-order valence-electron chi connectivity index (χ1n) is 6.18. The van der Waals surface area contributed by atoms with Crippen LogP contribution in [0.2, 0.25) is 0 Å². The Hall–Kier alpha value is -1.39. The van der Waals surface area contributed by atoms with Gasteiger partial charge in [0.1, 0.15) is 5.75 Å². The third kappa shape index (κ3) is 4.13. The standard InChI is InChI=1S/C14H18N2OS/c1-2-7-17-13-5-3-12(4-6-13)8-15-9-14-10-16-11-18-14/h3-6,10-11,15H,2,7-9H2,1H3. The van der Waals surface area contributed by atoms with Crippen LogP contribution >= 0.6 is 11.3 Å². The summed E-state index contributed by atoms with van der Waals surface area (Å²) in [5.74, 6) is 0.947. The summed E-state index contributed by atoms with van der Waals surface area (Å²) in [4.78, 5) is 5.31. The van der Waals surface area contributed by atoms with E-state index in [2.05, 4.69) is 29.4 Å². The molecule has 0 saturated heterocycles. The van der Waals surface area contributed by atoms with Gasteiger partial charge in [0.2, 0.25) is 0 Å². The van der Waals surface area contributed by atoms with Gasteiger partial charge in [-0.15, -0.1) is 11.3 Å². The average molecular weight is 262 g/mol. The number of rotatable bonds is 7. The van der Waals surface area contributed by atoms with E-state index in [0.717, 1.165) is 31.9 Å². The quantitative estimate of drug-likeness (QED) is 0.832. The normalized spacial score (nSPS) is 10.5. The molecule has 4 heteroatoms. The van der Waals surface area contributed by atoms with E-state index in [0.29, 0.717) is 0 Å². The number of hydrogen-bond donors (Lipinski definition) is 1. The lowest BCUT2D eigenvalue weighted by atomic mass is 10.2. The second-order valence-electron chi connectivity index (χ2n) is 4.06. The number of aromatic nitrogens is 1. The fraction of sp³-hybridized carbons (Fsp3) is 0.357. The zero-order valence-corrected chi connectivity index (χ0v) is 11.4. The predicted molar refractivity (Wildman–Crippen MR) is 74.9 cm³/mol. The predicted octanol–water partition coefficient (Wildman–Crippen LogP) is 3.22. The Balaban J connectivity index is 1.75. The fourth-order valence-electron chi connectivity index (χ4n) is 1.58. The summed E-state index contributed by atoms with van der Waals surface area (Å²) in [7, 11) is 0. The van der Waals surface area contributed by atoms with Gasteiger partial charge < -0.3 is 10.1 Å². The Morgan fingerprint density at radius 2 is 2.06 bits per heavy atom. The second kappa shape index (κ2) is 7.13. The van der Waals surface area contributed by atoms with Crippen molar-refractivity contribution in [3.05, 3.63) is 46.4 Å². The van der Waals surface area contributed by atoms with E-state index in [4.69, 9.17) is 4.74 Å². The highest BCUT2D eigenvalue weighted by atomic mass is 32.1.